The summed E-state index contributed by atoms with van der Waals surface area (Å²) in [6, 6.07) is 20.7. The minimum atomic E-state index is -2.15. The van der Waals surface area contributed by atoms with Gasteiger partial charge in [0.15, 0.2) is 5.11 Å². The molecule has 0 radical (unpaired) electrons. The molecule has 2 aromatic carbocycles. The summed E-state index contributed by atoms with van der Waals surface area (Å²) >= 11 is 11.9. The average molecular weight is 360 g/mol. The zero-order valence-corrected chi connectivity index (χ0v) is 15.5. The summed E-state index contributed by atoms with van der Waals surface area (Å²) in [6.07, 6.45) is 1.57. The molecule has 0 spiro atoms. The molecule has 0 unspecified atom stereocenters. The minimum absolute atomic E-state index is 0.806. The zero-order valence-electron chi connectivity index (χ0n) is 13.0. The highest BCUT2D eigenvalue weighted by Crippen LogP contribution is 2.39. The van der Waals surface area contributed by atoms with Gasteiger partial charge in [-0.15, -0.1) is 0 Å². The van der Waals surface area contributed by atoms with E-state index >= 15 is 0 Å². The summed E-state index contributed by atoms with van der Waals surface area (Å²) in [5.41, 5.74) is 0. The van der Waals surface area contributed by atoms with Crippen molar-refractivity contribution in [2.45, 2.75) is 19.3 Å². The second kappa shape index (κ2) is 7.57. The van der Waals surface area contributed by atoms with Crippen LogP contribution in [-0.4, -0.2) is 23.1 Å². The van der Waals surface area contributed by atoms with Crippen LogP contribution >= 0.6 is 18.4 Å². The van der Waals surface area contributed by atoms with Crippen molar-refractivity contribution in [3.05, 3.63) is 60.7 Å². The molecule has 0 bridgehead atoms. The van der Waals surface area contributed by atoms with Gasteiger partial charge >= 0.3 is 0 Å². The van der Waals surface area contributed by atoms with Crippen LogP contribution in [0.15, 0.2) is 60.7 Å². The number of hydrogen-bond donors (Lipinski definition) is 1. The van der Waals surface area contributed by atoms with Crippen molar-refractivity contribution in [1.82, 2.24) is 9.99 Å². The lowest BCUT2D eigenvalue weighted by molar-refractivity contribution is 0.342. The van der Waals surface area contributed by atoms with Crippen molar-refractivity contribution in [2.75, 3.05) is 13.1 Å². The maximum Gasteiger partial charge on any atom is 0.173 e. The molecule has 120 valence electrons. The number of hydrogen-bond acceptors (Lipinski definition) is 2. The van der Waals surface area contributed by atoms with Gasteiger partial charge < -0.3 is 9.99 Å². The van der Waals surface area contributed by atoms with Crippen LogP contribution in [0.3, 0.4) is 0 Å². The third-order valence-electron chi connectivity index (χ3n) is 4.14. The van der Waals surface area contributed by atoms with E-state index in [0.29, 0.717) is 0 Å². The van der Waals surface area contributed by atoms with Gasteiger partial charge in [0.25, 0.3) is 0 Å². The minimum Gasteiger partial charge on any atom is -0.349 e. The first-order valence-corrected chi connectivity index (χ1v) is 11.2. The topological polar surface area (TPSA) is 15.3 Å². The van der Waals surface area contributed by atoms with E-state index in [0.717, 1.165) is 28.8 Å². The predicted octanol–water partition coefficient (Wildman–Crippen LogP) is 3.39. The van der Waals surface area contributed by atoms with Crippen molar-refractivity contribution in [3.8, 4) is 0 Å². The molecular weight excluding hydrogens is 339 g/mol. The van der Waals surface area contributed by atoms with Crippen LogP contribution in [0.2, 0.25) is 0 Å². The van der Waals surface area contributed by atoms with Crippen LogP contribution in [0.25, 0.3) is 0 Å². The van der Waals surface area contributed by atoms with Crippen LogP contribution in [0.4, 0.5) is 0 Å². The van der Waals surface area contributed by atoms with Gasteiger partial charge in [-0.3, -0.25) is 0 Å². The summed E-state index contributed by atoms with van der Waals surface area (Å²) in [5, 5.41) is 6.69. The van der Waals surface area contributed by atoms with E-state index in [9.17, 15) is 0 Å². The van der Waals surface area contributed by atoms with E-state index in [2.05, 4.69) is 34.3 Å². The van der Waals surface area contributed by atoms with Crippen molar-refractivity contribution in [2.24, 2.45) is 0 Å². The SMILES string of the molecule is S=C(NP(=S)(c1ccccc1)c1ccccc1)N1CCCCC1. The van der Waals surface area contributed by atoms with Crippen molar-refractivity contribution < 1.29 is 0 Å². The maximum absolute atomic E-state index is 6.17. The first-order chi connectivity index (χ1) is 11.2. The van der Waals surface area contributed by atoms with Crippen LogP contribution < -0.4 is 15.7 Å². The molecule has 1 aliphatic heterocycles. The van der Waals surface area contributed by atoms with Gasteiger partial charge in [0.1, 0.15) is 0 Å². The largest absolute Gasteiger partial charge is 0.349 e. The van der Waals surface area contributed by atoms with Crippen molar-refractivity contribution in [3.63, 3.8) is 0 Å². The Balaban J connectivity index is 1.93. The number of likely N-dealkylation sites (tertiary alicyclic amines) is 1. The number of thiocarbonyl (C=S) groups is 1. The molecule has 0 atom stereocenters. The first kappa shape index (κ1) is 16.6. The van der Waals surface area contributed by atoms with Gasteiger partial charge in [-0.25, -0.2) is 0 Å². The molecular formula is C18H21N2PS2. The molecule has 3 rings (SSSR count). The van der Waals surface area contributed by atoms with E-state index in [1.165, 1.54) is 19.3 Å². The summed E-state index contributed by atoms with van der Waals surface area (Å²) in [6.45, 7) is 2.06. The molecule has 2 aromatic rings. The van der Waals surface area contributed by atoms with E-state index < -0.39 is 6.19 Å². The quantitative estimate of drug-likeness (QED) is 0.666. The van der Waals surface area contributed by atoms with E-state index in [1.54, 1.807) is 0 Å². The zero-order chi connectivity index (χ0) is 16.1. The Morgan fingerprint density at radius 1 is 0.826 bits per heavy atom. The highest BCUT2D eigenvalue weighted by Gasteiger charge is 2.25. The Bertz CT molecular complexity index is 654. The van der Waals surface area contributed by atoms with Gasteiger partial charge in [-0.1, -0.05) is 72.5 Å². The van der Waals surface area contributed by atoms with Gasteiger partial charge in [0.2, 0.25) is 0 Å². The van der Waals surface area contributed by atoms with E-state index in [4.69, 9.17) is 24.0 Å². The smallest absolute Gasteiger partial charge is 0.173 e. The Kier molecular flexibility index (Phi) is 5.47. The monoisotopic (exact) mass is 360 g/mol. The number of nitrogens with zero attached hydrogens (tertiary/aromatic N) is 1. The lowest BCUT2D eigenvalue weighted by Crippen LogP contribution is -2.44. The number of piperidine rings is 1. The third kappa shape index (κ3) is 3.82. The van der Waals surface area contributed by atoms with E-state index in [-0.39, 0.29) is 0 Å². The molecule has 23 heavy (non-hydrogen) atoms. The lowest BCUT2D eigenvalue weighted by Gasteiger charge is -2.33. The maximum atomic E-state index is 6.17. The van der Waals surface area contributed by atoms with Crippen LogP contribution in [0.5, 0.6) is 0 Å². The van der Waals surface area contributed by atoms with Gasteiger partial charge in [0.05, 0.1) is 6.19 Å². The van der Waals surface area contributed by atoms with Crippen LogP contribution in [0.1, 0.15) is 19.3 Å². The molecule has 2 nitrogen and oxygen atoms in total. The van der Waals surface area contributed by atoms with Crippen LogP contribution in [0, 0.1) is 0 Å². The molecule has 5 heteroatoms. The predicted molar refractivity (Wildman–Crippen MR) is 108 cm³/mol. The molecule has 0 aliphatic carbocycles. The fraction of sp³-hybridized carbons (Fsp3) is 0.278. The summed E-state index contributed by atoms with van der Waals surface area (Å²) in [5.74, 6) is 0. The number of benzene rings is 2. The fourth-order valence-electron chi connectivity index (χ4n) is 2.86. The molecule has 0 amide bonds. The molecule has 0 saturated carbocycles. The van der Waals surface area contributed by atoms with E-state index in [1.807, 2.05) is 36.4 Å². The van der Waals surface area contributed by atoms with Gasteiger partial charge in [0, 0.05) is 23.7 Å². The number of rotatable bonds is 3. The Morgan fingerprint density at radius 2 is 1.30 bits per heavy atom. The van der Waals surface area contributed by atoms with Gasteiger partial charge in [-0.05, 0) is 31.5 Å². The number of nitrogens with one attached hydrogen (secondary N) is 1. The second-order valence-electron chi connectivity index (χ2n) is 5.75. The highest BCUT2D eigenvalue weighted by molar-refractivity contribution is 8.21. The average Bonchev–Trinajstić information content (AvgIpc) is 2.64. The molecule has 1 N–H and O–H groups in total. The highest BCUT2D eigenvalue weighted by atomic mass is 32.4. The Labute approximate surface area is 149 Å². The van der Waals surface area contributed by atoms with Gasteiger partial charge in [-0.2, -0.15) is 0 Å². The first-order valence-electron chi connectivity index (χ1n) is 7.98. The van der Waals surface area contributed by atoms with Crippen LogP contribution in [-0.2, 0) is 11.8 Å². The Morgan fingerprint density at radius 3 is 1.78 bits per heavy atom. The molecule has 1 aliphatic rings. The second-order valence-corrected chi connectivity index (χ2v) is 10.2. The molecule has 1 saturated heterocycles. The standard InChI is InChI=1S/C18H21N2PS2/c22-18(20-14-8-3-9-15-20)19-21(23,16-10-4-1-5-11-16)17-12-6-2-7-13-17/h1-2,4-7,10-13H,3,8-9,14-15H2,(H,19,22,23). The molecule has 0 aromatic heterocycles. The summed E-state index contributed by atoms with van der Waals surface area (Å²) in [4.78, 5) is 2.27. The molecule has 1 fully saturated rings. The summed E-state index contributed by atoms with van der Waals surface area (Å²) < 4.78 is 0. The fourth-order valence-corrected chi connectivity index (χ4v) is 6.76. The normalized spacial score (nSPS) is 15.2. The van der Waals surface area contributed by atoms with Crippen molar-refractivity contribution in [1.29, 1.82) is 0 Å². The van der Waals surface area contributed by atoms with Crippen molar-refractivity contribution >= 4 is 45.9 Å². The third-order valence-corrected chi connectivity index (χ3v) is 8.76. The summed E-state index contributed by atoms with van der Waals surface area (Å²) in [7, 11) is 0. The lowest BCUT2D eigenvalue weighted by atomic mass is 10.1. The Hall–Kier alpha value is -1.22. The molecule has 1 heterocycles.